The number of aromatic nitrogens is 3. The Morgan fingerprint density at radius 3 is 2.29 bits per heavy atom. The number of aryl methyl sites for hydroxylation is 1. The molecule has 0 unspecified atom stereocenters. The zero-order chi connectivity index (χ0) is 15.3. The molecule has 122 valence electrons. The van der Waals surface area contributed by atoms with Gasteiger partial charge in [-0.1, -0.05) is 58.3 Å². The number of rotatable bonds is 13. The van der Waals surface area contributed by atoms with Gasteiger partial charge in [0.15, 0.2) is 4.77 Å². The summed E-state index contributed by atoms with van der Waals surface area (Å²) in [5.74, 6) is 1.07. The monoisotopic (exact) mass is 313 g/mol. The Kier molecular flexibility index (Phi) is 10.4. The first-order valence-corrected chi connectivity index (χ1v) is 8.83. The van der Waals surface area contributed by atoms with E-state index in [0.717, 1.165) is 18.8 Å². The van der Waals surface area contributed by atoms with Gasteiger partial charge in [-0.2, -0.15) is 5.10 Å². The van der Waals surface area contributed by atoms with Gasteiger partial charge in [0.05, 0.1) is 6.61 Å². The normalized spacial score (nSPS) is 11.1. The van der Waals surface area contributed by atoms with Gasteiger partial charge in [0.2, 0.25) is 0 Å². The van der Waals surface area contributed by atoms with Crippen LogP contribution >= 0.6 is 12.2 Å². The van der Waals surface area contributed by atoms with Crippen molar-refractivity contribution in [3.63, 3.8) is 0 Å². The van der Waals surface area contributed by atoms with E-state index < -0.39 is 0 Å². The van der Waals surface area contributed by atoms with Gasteiger partial charge in [-0.15, -0.1) is 0 Å². The molecule has 0 aliphatic rings. The van der Waals surface area contributed by atoms with Crippen LogP contribution in [0.2, 0.25) is 0 Å². The lowest BCUT2D eigenvalue weighted by Gasteiger charge is -2.06. The third-order valence-corrected chi connectivity index (χ3v) is 4.17. The van der Waals surface area contributed by atoms with E-state index in [9.17, 15) is 0 Å². The van der Waals surface area contributed by atoms with E-state index in [1.165, 1.54) is 57.8 Å². The fourth-order valence-electron chi connectivity index (χ4n) is 2.55. The Morgan fingerprint density at radius 2 is 1.67 bits per heavy atom. The van der Waals surface area contributed by atoms with Crippen LogP contribution in [-0.4, -0.2) is 28.5 Å². The SMILES string of the molecule is CCCCCCCCCCCc1n[nH]c(=S)n1CCOC. The fraction of sp³-hybridized carbons (Fsp3) is 0.875. The molecule has 1 N–H and O–H groups in total. The van der Waals surface area contributed by atoms with Crippen LogP contribution in [0.5, 0.6) is 0 Å². The van der Waals surface area contributed by atoms with Gasteiger partial charge in [-0.3, -0.25) is 5.10 Å². The average Bonchev–Trinajstić information content (AvgIpc) is 2.84. The molecule has 21 heavy (non-hydrogen) atoms. The Hall–Kier alpha value is -0.680. The molecular weight excluding hydrogens is 282 g/mol. The third-order valence-electron chi connectivity index (χ3n) is 3.86. The van der Waals surface area contributed by atoms with E-state index in [1.54, 1.807) is 7.11 Å². The van der Waals surface area contributed by atoms with Crippen LogP contribution < -0.4 is 0 Å². The molecule has 0 saturated heterocycles. The molecule has 0 spiro atoms. The van der Waals surface area contributed by atoms with E-state index in [4.69, 9.17) is 17.0 Å². The predicted octanol–water partition coefficient (Wildman–Crippen LogP) is 4.66. The maximum absolute atomic E-state index is 5.25. The second-order valence-electron chi connectivity index (χ2n) is 5.67. The number of H-pyrrole nitrogens is 1. The summed E-state index contributed by atoms with van der Waals surface area (Å²) in [6, 6.07) is 0. The number of hydrogen-bond donors (Lipinski definition) is 1. The van der Waals surface area contributed by atoms with Crippen LogP contribution in [0, 0.1) is 4.77 Å². The predicted molar refractivity (Wildman–Crippen MR) is 90.2 cm³/mol. The van der Waals surface area contributed by atoms with Gasteiger partial charge < -0.3 is 9.30 Å². The Bertz CT molecular complexity index is 414. The maximum Gasteiger partial charge on any atom is 0.195 e. The molecule has 5 heteroatoms. The summed E-state index contributed by atoms with van der Waals surface area (Å²) in [5.41, 5.74) is 0. The molecule has 0 aliphatic heterocycles. The number of ether oxygens (including phenoxy) is 1. The topological polar surface area (TPSA) is 42.8 Å². The molecule has 4 nitrogen and oxygen atoms in total. The number of methoxy groups -OCH3 is 1. The van der Waals surface area contributed by atoms with E-state index in [0.29, 0.717) is 11.4 Å². The molecule has 0 radical (unpaired) electrons. The summed E-state index contributed by atoms with van der Waals surface area (Å²) < 4.78 is 7.88. The first-order chi connectivity index (χ1) is 10.3. The summed E-state index contributed by atoms with van der Waals surface area (Å²) >= 11 is 5.25. The van der Waals surface area contributed by atoms with E-state index >= 15 is 0 Å². The van der Waals surface area contributed by atoms with Gasteiger partial charge in [-0.25, -0.2) is 0 Å². The molecule has 0 atom stereocenters. The van der Waals surface area contributed by atoms with Gasteiger partial charge in [0, 0.05) is 20.1 Å². The highest BCUT2D eigenvalue weighted by atomic mass is 32.1. The highest BCUT2D eigenvalue weighted by Crippen LogP contribution is 2.11. The van der Waals surface area contributed by atoms with Crippen LogP contribution in [0.4, 0.5) is 0 Å². The molecule has 0 aliphatic carbocycles. The number of unbranched alkanes of at least 4 members (excludes halogenated alkanes) is 8. The van der Waals surface area contributed by atoms with E-state index in [1.807, 2.05) is 0 Å². The lowest BCUT2D eigenvalue weighted by Crippen LogP contribution is -2.08. The molecule has 1 heterocycles. The second kappa shape index (κ2) is 11.9. The molecule has 0 aromatic carbocycles. The van der Waals surface area contributed by atoms with Crippen LogP contribution in [0.25, 0.3) is 0 Å². The van der Waals surface area contributed by atoms with Gasteiger partial charge in [0.1, 0.15) is 5.82 Å². The van der Waals surface area contributed by atoms with Gasteiger partial charge >= 0.3 is 0 Å². The molecule has 1 aromatic rings. The standard InChI is InChI=1S/C16H31N3OS/c1-3-4-5-6-7-8-9-10-11-12-15-17-18-16(21)19(15)13-14-20-2/h3-14H2,1-2H3,(H,18,21). The second-order valence-corrected chi connectivity index (χ2v) is 6.05. The number of nitrogens with one attached hydrogen (secondary N) is 1. The Labute approximate surface area is 134 Å². The Balaban J connectivity index is 2.11. The summed E-state index contributed by atoms with van der Waals surface area (Å²) in [7, 11) is 1.71. The molecule has 0 bridgehead atoms. The lowest BCUT2D eigenvalue weighted by molar-refractivity contribution is 0.186. The minimum atomic E-state index is 0.679. The molecule has 0 amide bonds. The summed E-state index contributed by atoms with van der Waals surface area (Å²) in [4.78, 5) is 0. The quantitative estimate of drug-likeness (QED) is 0.425. The van der Waals surface area contributed by atoms with Crippen molar-refractivity contribution in [2.75, 3.05) is 13.7 Å². The molecule has 0 saturated carbocycles. The van der Waals surface area contributed by atoms with Crippen molar-refractivity contribution >= 4 is 12.2 Å². The lowest BCUT2D eigenvalue weighted by atomic mass is 10.1. The summed E-state index contributed by atoms with van der Waals surface area (Å²) in [6.07, 6.45) is 13.1. The summed E-state index contributed by atoms with van der Waals surface area (Å²) in [6.45, 7) is 3.74. The molecule has 0 fully saturated rings. The first-order valence-electron chi connectivity index (χ1n) is 8.42. The van der Waals surface area contributed by atoms with Crippen molar-refractivity contribution in [3.8, 4) is 0 Å². The smallest absolute Gasteiger partial charge is 0.195 e. The third kappa shape index (κ3) is 7.77. The van der Waals surface area contributed by atoms with Crippen molar-refractivity contribution in [1.82, 2.24) is 14.8 Å². The van der Waals surface area contributed by atoms with Crippen molar-refractivity contribution in [3.05, 3.63) is 10.6 Å². The van der Waals surface area contributed by atoms with Gasteiger partial charge in [-0.05, 0) is 18.6 Å². The number of nitrogens with zero attached hydrogens (tertiary/aromatic N) is 2. The van der Waals surface area contributed by atoms with Crippen molar-refractivity contribution in [2.45, 2.75) is 77.7 Å². The first kappa shape index (κ1) is 18.4. The minimum absolute atomic E-state index is 0.679. The number of aromatic amines is 1. The highest BCUT2D eigenvalue weighted by Gasteiger charge is 2.05. The largest absolute Gasteiger partial charge is 0.383 e. The van der Waals surface area contributed by atoms with Crippen LogP contribution in [0.3, 0.4) is 0 Å². The minimum Gasteiger partial charge on any atom is -0.383 e. The van der Waals surface area contributed by atoms with Crippen LogP contribution in [0.15, 0.2) is 0 Å². The zero-order valence-electron chi connectivity index (χ0n) is 13.7. The van der Waals surface area contributed by atoms with Crippen LogP contribution in [-0.2, 0) is 17.7 Å². The van der Waals surface area contributed by atoms with E-state index in [2.05, 4.69) is 21.7 Å². The summed E-state index contributed by atoms with van der Waals surface area (Å²) in [5, 5.41) is 7.21. The van der Waals surface area contributed by atoms with Crippen molar-refractivity contribution in [1.29, 1.82) is 0 Å². The fourth-order valence-corrected chi connectivity index (χ4v) is 2.79. The van der Waals surface area contributed by atoms with Crippen molar-refractivity contribution < 1.29 is 4.74 Å². The van der Waals surface area contributed by atoms with Crippen molar-refractivity contribution in [2.24, 2.45) is 0 Å². The molecular formula is C16H31N3OS. The molecule has 1 rings (SSSR count). The highest BCUT2D eigenvalue weighted by molar-refractivity contribution is 7.71. The van der Waals surface area contributed by atoms with E-state index in [-0.39, 0.29) is 0 Å². The number of hydrogen-bond acceptors (Lipinski definition) is 3. The van der Waals surface area contributed by atoms with Gasteiger partial charge in [0.25, 0.3) is 0 Å². The van der Waals surface area contributed by atoms with Crippen LogP contribution in [0.1, 0.15) is 70.5 Å². The average molecular weight is 314 g/mol. The molecule has 1 aromatic heterocycles. The zero-order valence-corrected chi connectivity index (χ0v) is 14.5. The maximum atomic E-state index is 5.25. The Morgan fingerprint density at radius 1 is 1.05 bits per heavy atom.